The molecule has 0 unspecified atom stereocenters. The van der Waals surface area contributed by atoms with Crippen LogP contribution in [0, 0.1) is 13.8 Å². The van der Waals surface area contributed by atoms with E-state index in [2.05, 4.69) is 38.7 Å². The van der Waals surface area contributed by atoms with Crippen molar-refractivity contribution in [1.29, 1.82) is 0 Å². The smallest absolute Gasteiger partial charge is 0.198 e. The molecule has 0 bridgehead atoms. The summed E-state index contributed by atoms with van der Waals surface area (Å²) in [6.07, 6.45) is 0. The van der Waals surface area contributed by atoms with Crippen molar-refractivity contribution in [3.05, 3.63) is 29.2 Å². The van der Waals surface area contributed by atoms with Crippen molar-refractivity contribution in [2.45, 2.75) is 33.6 Å². The number of aromatic nitrogens is 1. The monoisotopic (exact) mass is 189 g/mol. The fourth-order valence-corrected chi connectivity index (χ4v) is 1.49. The molecule has 0 fully saturated rings. The van der Waals surface area contributed by atoms with Crippen LogP contribution in [-0.4, -0.2) is 4.98 Å². The van der Waals surface area contributed by atoms with Crippen LogP contribution < -0.4 is 0 Å². The number of benzene rings is 1. The number of aryl methyl sites for hydroxylation is 2. The third-order valence-electron chi connectivity index (χ3n) is 2.59. The van der Waals surface area contributed by atoms with E-state index in [1.807, 2.05) is 6.07 Å². The second-order valence-corrected chi connectivity index (χ2v) is 4.06. The van der Waals surface area contributed by atoms with E-state index in [-0.39, 0.29) is 0 Å². The molecule has 2 nitrogen and oxygen atoms in total. The average molecular weight is 189 g/mol. The van der Waals surface area contributed by atoms with Crippen LogP contribution >= 0.6 is 0 Å². The molecule has 0 N–H and O–H groups in total. The minimum absolute atomic E-state index is 0.349. The molecule has 0 aliphatic carbocycles. The Balaban J connectivity index is 2.71. The Labute approximate surface area is 84.0 Å². The minimum Gasteiger partial charge on any atom is -0.440 e. The van der Waals surface area contributed by atoms with Gasteiger partial charge in [0, 0.05) is 5.92 Å². The summed E-state index contributed by atoms with van der Waals surface area (Å²) in [4.78, 5) is 4.45. The molecule has 0 spiro atoms. The van der Waals surface area contributed by atoms with Crippen LogP contribution in [0.15, 0.2) is 16.5 Å². The second kappa shape index (κ2) is 3.12. The Morgan fingerprint density at radius 1 is 1.21 bits per heavy atom. The molecular formula is C12H15NO. The second-order valence-electron chi connectivity index (χ2n) is 4.06. The Bertz CT molecular complexity index is 468. The van der Waals surface area contributed by atoms with Crippen LogP contribution in [0.25, 0.3) is 11.1 Å². The molecule has 0 radical (unpaired) electrons. The fraction of sp³-hybridized carbons (Fsp3) is 0.417. The zero-order chi connectivity index (χ0) is 10.3. The zero-order valence-electron chi connectivity index (χ0n) is 9.09. The quantitative estimate of drug-likeness (QED) is 0.685. The third kappa shape index (κ3) is 1.31. The SMILES string of the molecule is Cc1ccc2nc(C(C)C)oc2c1C. The summed E-state index contributed by atoms with van der Waals surface area (Å²) in [5.41, 5.74) is 4.36. The summed E-state index contributed by atoms with van der Waals surface area (Å²) in [6.45, 7) is 8.35. The number of hydrogen-bond acceptors (Lipinski definition) is 2. The van der Waals surface area contributed by atoms with Crippen molar-refractivity contribution < 1.29 is 4.42 Å². The lowest BCUT2D eigenvalue weighted by atomic mass is 10.1. The van der Waals surface area contributed by atoms with Crippen LogP contribution in [-0.2, 0) is 0 Å². The predicted molar refractivity (Wildman–Crippen MR) is 57.6 cm³/mol. The lowest BCUT2D eigenvalue weighted by Crippen LogP contribution is -1.84. The summed E-state index contributed by atoms with van der Waals surface area (Å²) in [7, 11) is 0. The molecule has 74 valence electrons. The molecule has 0 saturated heterocycles. The van der Waals surface area contributed by atoms with Crippen LogP contribution in [0.3, 0.4) is 0 Å². The molecule has 2 rings (SSSR count). The topological polar surface area (TPSA) is 26.0 Å². The number of oxazole rings is 1. The molecule has 0 saturated carbocycles. The molecule has 1 heterocycles. The average Bonchev–Trinajstić information content (AvgIpc) is 2.56. The van der Waals surface area contributed by atoms with Gasteiger partial charge in [-0.05, 0) is 31.0 Å². The molecule has 1 aromatic carbocycles. The molecule has 1 aromatic heterocycles. The van der Waals surface area contributed by atoms with E-state index in [4.69, 9.17) is 4.42 Å². The van der Waals surface area contributed by atoms with Gasteiger partial charge in [0.05, 0.1) is 0 Å². The number of rotatable bonds is 1. The van der Waals surface area contributed by atoms with Gasteiger partial charge in [-0.3, -0.25) is 0 Å². The highest BCUT2D eigenvalue weighted by Crippen LogP contribution is 2.25. The summed E-state index contributed by atoms with van der Waals surface area (Å²) in [5, 5.41) is 0. The standard InChI is InChI=1S/C12H15NO/c1-7(2)12-13-10-6-5-8(3)9(4)11(10)14-12/h5-7H,1-4H3. The van der Waals surface area contributed by atoms with Gasteiger partial charge in [0.15, 0.2) is 11.5 Å². The summed E-state index contributed by atoms with van der Waals surface area (Å²) < 4.78 is 5.73. The predicted octanol–water partition coefficient (Wildman–Crippen LogP) is 3.57. The summed E-state index contributed by atoms with van der Waals surface area (Å²) in [6, 6.07) is 4.11. The van der Waals surface area contributed by atoms with Gasteiger partial charge in [0.1, 0.15) is 5.52 Å². The number of fused-ring (bicyclic) bond motifs is 1. The van der Waals surface area contributed by atoms with E-state index < -0.39 is 0 Å². The first-order valence-electron chi connectivity index (χ1n) is 4.96. The van der Waals surface area contributed by atoms with Gasteiger partial charge < -0.3 is 4.42 Å². The Hall–Kier alpha value is -1.31. The third-order valence-corrected chi connectivity index (χ3v) is 2.59. The van der Waals surface area contributed by atoms with E-state index in [1.165, 1.54) is 11.1 Å². The van der Waals surface area contributed by atoms with E-state index in [0.29, 0.717) is 5.92 Å². The van der Waals surface area contributed by atoms with Crippen LogP contribution in [0.2, 0.25) is 0 Å². The van der Waals surface area contributed by atoms with E-state index in [0.717, 1.165) is 17.0 Å². The zero-order valence-corrected chi connectivity index (χ0v) is 9.09. The summed E-state index contributed by atoms with van der Waals surface area (Å²) >= 11 is 0. The maximum absolute atomic E-state index is 5.73. The van der Waals surface area contributed by atoms with Gasteiger partial charge in [-0.25, -0.2) is 4.98 Å². The van der Waals surface area contributed by atoms with Crippen LogP contribution in [0.1, 0.15) is 36.8 Å². The van der Waals surface area contributed by atoms with Gasteiger partial charge in [0.2, 0.25) is 0 Å². The highest BCUT2D eigenvalue weighted by Gasteiger charge is 2.11. The fourth-order valence-electron chi connectivity index (χ4n) is 1.49. The first-order valence-corrected chi connectivity index (χ1v) is 4.96. The lowest BCUT2D eigenvalue weighted by molar-refractivity contribution is 0.500. The molecule has 0 aliphatic rings. The lowest BCUT2D eigenvalue weighted by Gasteiger charge is -1.97. The van der Waals surface area contributed by atoms with Crippen LogP contribution in [0.5, 0.6) is 0 Å². The molecule has 0 atom stereocenters. The number of hydrogen-bond donors (Lipinski definition) is 0. The highest BCUT2D eigenvalue weighted by molar-refractivity contribution is 5.77. The number of nitrogens with zero attached hydrogens (tertiary/aromatic N) is 1. The Kier molecular flexibility index (Phi) is 2.06. The first-order chi connectivity index (χ1) is 6.59. The van der Waals surface area contributed by atoms with Crippen molar-refractivity contribution in [2.24, 2.45) is 0 Å². The molecule has 0 aliphatic heterocycles. The van der Waals surface area contributed by atoms with E-state index in [9.17, 15) is 0 Å². The highest BCUT2D eigenvalue weighted by atomic mass is 16.3. The van der Waals surface area contributed by atoms with Gasteiger partial charge in [-0.2, -0.15) is 0 Å². The molecular weight excluding hydrogens is 174 g/mol. The van der Waals surface area contributed by atoms with Gasteiger partial charge in [-0.15, -0.1) is 0 Å². The Morgan fingerprint density at radius 3 is 2.57 bits per heavy atom. The minimum atomic E-state index is 0.349. The van der Waals surface area contributed by atoms with Crippen molar-refractivity contribution >= 4 is 11.1 Å². The van der Waals surface area contributed by atoms with Gasteiger partial charge in [-0.1, -0.05) is 19.9 Å². The van der Waals surface area contributed by atoms with Crippen molar-refractivity contribution in [1.82, 2.24) is 4.98 Å². The first kappa shape index (κ1) is 9.25. The Morgan fingerprint density at radius 2 is 1.93 bits per heavy atom. The van der Waals surface area contributed by atoms with Gasteiger partial charge in [0.25, 0.3) is 0 Å². The van der Waals surface area contributed by atoms with Crippen molar-refractivity contribution in [2.75, 3.05) is 0 Å². The largest absolute Gasteiger partial charge is 0.440 e. The maximum atomic E-state index is 5.73. The molecule has 2 aromatic rings. The molecule has 0 amide bonds. The molecule has 2 heteroatoms. The summed E-state index contributed by atoms with van der Waals surface area (Å²) in [5.74, 6) is 1.18. The van der Waals surface area contributed by atoms with E-state index >= 15 is 0 Å². The van der Waals surface area contributed by atoms with Crippen molar-refractivity contribution in [3.8, 4) is 0 Å². The van der Waals surface area contributed by atoms with Crippen LogP contribution in [0.4, 0.5) is 0 Å². The normalized spacial score (nSPS) is 11.5. The van der Waals surface area contributed by atoms with E-state index in [1.54, 1.807) is 0 Å². The van der Waals surface area contributed by atoms with Crippen molar-refractivity contribution in [3.63, 3.8) is 0 Å². The maximum Gasteiger partial charge on any atom is 0.198 e. The molecule has 14 heavy (non-hydrogen) atoms. The van der Waals surface area contributed by atoms with Gasteiger partial charge >= 0.3 is 0 Å².